The SMILES string of the molecule is CC(C)COC(=O)NCC1CCCC1C(=O)O. The maximum absolute atomic E-state index is 11.3. The second-order valence-corrected chi connectivity index (χ2v) is 5.01. The Morgan fingerprint density at radius 2 is 2.12 bits per heavy atom. The number of carboxylic acids is 1. The van der Waals surface area contributed by atoms with Crippen molar-refractivity contribution in [2.45, 2.75) is 33.1 Å². The van der Waals surface area contributed by atoms with Gasteiger partial charge in [0.2, 0.25) is 0 Å². The number of hydrogen-bond donors (Lipinski definition) is 2. The average Bonchev–Trinajstić information content (AvgIpc) is 2.71. The predicted octanol–water partition coefficient (Wildman–Crippen LogP) is 1.87. The molecule has 1 amide bonds. The first-order valence-electron chi connectivity index (χ1n) is 6.14. The number of ether oxygens (including phenoxy) is 1. The lowest BCUT2D eigenvalue weighted by Crippen LogP contribution is -2.33. The highest BCUT2D eigenvalue weighted by atomic mass is 16.5. The number of amides is 1. The van der Waals surface area contributed by atoms with Crippen LogP contribution < -0.4 is 5.32 Å². The molecule has 1 aliphatic carbocycles. The van der Waals surface area contributed by atoms with E-state index >= 15 is 0 Å². The van der Waals surface area contributed by atoms with Gasteiger partial charge in [0.25, 0.3) is 0 Å². The lowest BCUT2D eigenvalue weighted by atomic mass is 9.96. The van der Waals surface area contributed by atoms with Gasteiger partial charge in [0.1, 0.15) is 0 Å². The van der Waals surface area contributed by atoms with Crippen LogP contribution in [-0.2, 0) is 9.53 Å². The molecule has 0 aromatic rings. The maximum atomic E-state index is 11.3. The van der Waals surface area contributed by atoms with Crippen molar-refractivity contribution in [2.75, 3.05) is 13.2 Å². The minimum atomic E-state index is -0.759. The molecule has 5 nitrogen and oxygen atoms in total. The van der Waals surface area contributed by atoms with Crippen molar-refractivity contribution in [3.63, 3.8) is 0 Å². The molecule has 0 heterocycles. The molecular weight excluding hydrogens is 222 g/mol. The summed E-state index contributed by atoms with van der Waals surface area (Å²) in [6.07, 6.45) is 2.05. The van der Waals surface area contributed by atoms with Crippen LogP contribution in [0.1, 0.15) is 33.1 Å². The number of carboxylic acid groups (broad SMARTS) is 1. The lowest BCUT2D eigenvalue weighted by molar-refractivity contribution is -0.142. The van der Waals surface area contributed by atoms with Crippen molar-refractivity contribution in [2.24, 2.45) is 17.8 Å². The maximum Gasteiger partial charge on any atom is 0.407 e. The Morgan fingerprint density at radius 1 is 1.41 bits per heavy atom. The summed E-state index contributed by atoms with van der Waals surface area (Å²) in [5, 5.41) is 11.6. The third-order valence-electron chi connectivity index (χ3n) is 3.03. The van der Waals surface area contributed by atoms with Crippen molar-refractivity contribution in [3.8, 4) is 0 Å². The van der Waals surface area contributed by atoms with Crippen molar-refractivity contribution in [3.05, 3.63) is 0 Å². The summed E-state index contributed by atoms with van der Waals surface area (Å²) in [5.41, 5.74) is 0. The number of aliphatic carboxylic acids is 1. The molecule has 0 aliphatic heterocycles. The Morgan fingerprint density at radius 3 is 2.71 bits per heavy atom. The Hall–Kier alpha value is -1.26. The van der Waals surface area contributed by atoms with Crippen LogP contribution in [0.4, 0.5) is 4.79 Å². The van der Waals surface area contributed by atoms with Crippen LogP contribution in [0.5, 0.6) is 0 Å². The molecule has 0 saturated heterocycles. The van der Waals surface area contributed by atoms with E-state index in [0.717, 1.165) is 12.8 Å². The molecule has 1 rings (SSSR count). The van der Waals surface area contributed by atoms with Crippen LogP contribution in [0.15, 0.2) is 0 Å². The van der Waals surface area contributed by atoms with E-state index in [9.17, 15) is 9.59 Å². The van der Waals surface area contributed by atoms with Crippen LogP contribution in [-0.4, -0.2) is 30.3 Å². The van der Waals surface area contributed by atoms with E-state index in [0.29, 0.717) is 25.5 Å². The van der Waals surface area contributed by atoms with Gasteiger partial charge in [0.05, 0.1) is 12.5 Å². The summed E-state index contributed by atoms with van der Waals surface area (Å²) in [6, 6.07) is 0. The first kappa shape index (κ1) is 13.8. The zero-order valence-corrected chi connectivity index (χ0v) is 10.4. The van der Waals surface area contributed by atoms with Gasteiger partial charge < -0.3 is 15.2 Å². The summed E-state index contributed by atoms with van der Waals surface area (Å²) in [7, 11) is 0. The van der Waals surface area contributed by atoms with E-state index < -0.39 is 12.1 Å². The van der Waals surface area contributed by atoms with Crippen LogP contribution in [0, 0.1) is 17.8 Å². The minimum Gasteiger partial charge on any atom is -0.481 e. The van der Waals surface area contributed by atoms with E-state index in [1.807, 2.05) is 13.8 Å². The number of carbonyl (C=O) groups is 2. The average molecular weight is 243 g/mol. The fraction of sp³-hybridized carbons (Fsp3) is 0.833. The van der Waals surface area contributed by atoms with Gasteiger partial charge in [0, 0.05) is 6.54 Å². The summed E-state index contributed by atoms with van der Waals surface area (Å²) in [6.45, 7) is 4.71. The Labute approximate surface area is 102 Å². The van der Waals surface area contributed by atoms with Gasteiger partial charge in [-0.1, -0.05) is 20.3 Å². The molecule has 0 bridgehead atoms. The smallest absolute Gasteiger partial charge is 0.407 e. The molecule has 5 heteroatoms. The van der Waals surface area contributed by atoms with Crippen molar-refractivity contribution >= 4 is 12.1 Å². The quantitative estimate of drug-likeness (QED) is 0.773. The molecule has 0 aromatic heterocycles. The molecule has 0 radical (unpaired) electrons. The van der Waals surface area contributed by atoms with Gasteiger partial charge in [-0.05, 0) is 24.7 Å². The lowest BCUT2D eigenvalue weighted by Gasteiger charge is -2.16. The largest absolute Gasteiger partial charge is 0.481 e. The third-order valence-corrected chi connectivity index (χ3v) is 3.03. The fourth-order valence-corrected chi connectivity index (χ4v) is 2.11. The number of hydrogen-bond acceptors (Lipinski definition) is 3. The topological polar surface area (TPSA) is 75.6 Å². The van der Waals surface area contributed by atoms with Crippen LogP contribution in [0.25, 0.3) is 0 Å². The van der Waals surface area contributed by atoms with E-state index in [2.05, 4.69) is 5.32 Å². The monoisotopic (exact) mass is 243 g/mol. The first-order chi connectivity index (χ1) is 8.00. The van der Waals surface area contributed by atoms with Gasteiger partial charge in [-0.3, -0.25) is 4.79 Å². The first-order valence-corrected chi connectivity index (χ1v) is 6.14. The molecule has 0 aromatic carbocycles. The molecule has 1 aliphatic rings. The Kier molecular flexibility index (Phi) is 5.25. The van der Waals surface area contributed by atoms with Crippen molar-refractivity contribution < 1.29 is 19.4 Å². The normalized spacial score (nSPS) is 23.7. The van der Waals surface area contributed by atoms with E-state index in [4.69, 9.17) is 9.84 Å². The summed E-state index contributed by atoms with van der Waals surface area (Å²) in [4.78, 5) is 22.2. The molecule has 2 unspecified atom stereocenters. The second kappa shape index (κ2) is 6.47. The molecule has 2 N–H and O–H groups in total. The molecule has 1 saturated carbocycles. The number of carbonyl (C=O) groups excluding carboxylic acids is 1. The highest BCUT2D eigenvalue weighted by molar-refractivity contribution is 5.71. The molecule has 17 heavy (non-hydrogen) atoms. The highest BCUT2D eigenvalue weighted by Crippen LogP contribution is 2.31. The second-order valence-electron chi connectivity index (χ2n) is 5.01. The van der Waals surface area contributed by atoms with Gasteiger partial charge in [-0.2, -0.15) is 0 Å². The van der Waals surface area contributed by atoms with E-state index in [1.165, 1.54) is 0 Å². The highest BCUT2D eigenvalue weighted by Gasteiger charge is 2.32. The van der Waals surface area contributed by atoms with Crippen LogP contribution >= 0.6 is 0 Å². The van der Waals surface area contributed by atoms with Gasteiger partial charge >= 0.3 is 12.1 Å². The predicted molar refractivity (Wildman–Crippen MR) is 62.7 cm³/mol. The van der Waals surface area contributed by atoms with Gasteiger partial charge in [-0.15, -0.1) is 0 Å². The molecule has 0 spiro atoms. The molecular formula is C12H21NO4. The number of rotatable bonds is 5. The summed E-state index contributed by atoms with van der Waals surface area (Å²) in [5.74, 6) is -0.733. The Balaban J connectivity index is 2.25. The molecule has 98 valence electrons. The zero-order valence-electron chi connectivity index (χ0n) is 10.4. The van der Waals surface area contributed by atoms with Gasteiger partial charge in [-0.25, -0.2) is 4.79 Å². The zero-order chi connectivity index (χ0) is 12.8. The molecule has 2 atom stereocenters. The van der Waals surface area contributed by atoms with Crippen LogP contribution in [0.2, 0.25) is 0 Å². The van der Waals surface area contributed by atoms with Crippen molar-refractivity contribution in [1.82, 2.24) is 5.32 Å². The Bertz CT molecular complexity index is 278. The third kappa shape index (κ3) is 4.63. The van der Waals surface area contributed by atoms with Gasteiger partial charge in [0.15, 0.2) is 0 Å². The number of alkyl carbamates (subject to hydrolysis) is 1. The standard InChI is InChI=1S/C12H21NO4/c1-8(2)7-17-12(16)13-6-9-4-3-5-10(9)11(14)15/h8-10H,3-7H2,1-2H3,(H,13,16)(H,14,15). The molecule has 1 fully saturated rings. The summed E-state index contributed by atoms with van der Waals surface area (Å²) < 4.78 is 4.96. The van der Waals surface area contributed by atoms with Crippen LogP contribution in [0.3, 0.4) is 0 Å². The fourth-order valence-electron chi connectivity index (χ4n) is 2.11. The van der Waals surface area contributed by atoms with E-state index in [-0.39, 0.29) is 11.8 Å². The number of nitrogens with one attached hydrogen (secondary N) is 1. The van der Waals surface area contributed by atoms with E-state index in [1.54, 1.807) is 0 Å². The summed E-state index contributed by atoms with van der Waals surface area (Å²) >= 11 is 0. The van der Waals surface area contributed by atoms with Crippen molar-refractivity contribution in [1.29, 1.82) is 0 Å². The minimum absolute atomic E-state index is 0.0408.